The van der Waals surface area contributed by atoms with Crippen molar-refractivity contribution in [3.63, 3.8) is 0 Å². The van der Waals surface area contributed by atoms with Crippen LogP contribution in [0.25, 0.3) is 10.2 Å². The van der Waals surface area contributed by atoms with Crippen LogP contribution in [0.5, 0.6) is 0 Å². The number of piperidine rings is 1. The van der Waals surface area contributed by atoms with Crippen molar-refractivity contribution in [2.24, 2.45) is 4.99 Å². The number of sulfonamides is 1. The molecule has 1 amide bonds. The number of amides is 1. The number of thiazole rings is 1. The van der Waals surface area contributed by atoms with E-state index in [0.717, 1.165) is 39.1 Å². The predicted octanol–water partition coefficient (Wildman–Crippen LogP) is 4.00. The molecule has 12 heteroatoms. The summed E-state index contributed by atoms with van der Waals surface area (Å²) in [7, 11) is -3.94. The van der Waals surface area contributed by atoms with Crippen molar-refractivity contribution in [1.82, 2.24) is 8.87 Å². The zero-order chi connectivity index (χ0) is 23.0. The molecule has 1 aliphatic heterocycles. The summed E-state index contributed by atoms with van der Waals surface area (Å²) in [5.41, 5.74) is 0.0437. The summed E-state index contributed by atoms with van der Waals surface area (Å²) in [5, 5.41) is 0. The fourth-order valence-corrected chi connectivity index (χ4v) is 7.95. The van der Waals surface area contributed by atoms with Crippen LogP contribution >= 0.6 is 34.3 Å². The Labute approximate surface area is 195 Å². The third-order valence-electron chi connectivity index (χ3n) is 5.00. The molecule has 0 radical (unpaired) electrons. The summed E-state index contributed by atoms with van der Waals surface area (Å²) in [6.07, 6.45) is 6.94. The number of hydrogen-bond acceptors (Lipinski definition) is 5. The first-order valence-corrected chi connectivity index (χ1v) is 12.9. The molecule has 4 rings (SSSR count). The summed E-state index contributed by atoms with van der Waals surface area (Å²) < 4.78 is 57.4. The van der Waals surface area contributed by atoms with Gasteiger partial charge in [0.25, 0.3) is 15.9 Å². The maximum Gasteiger partial charge on any atom is 0.266 e. The second-order valence-electron chi connectivity index (χ2n) is 7.05. The van der Waals surface area contributed by atoms with Crippen molar-refractivity contribution in [3.05, 3.63) is 45.0 Å². The lowest BCUT2D eigenvalue weighted by Gasteiger charge is -2.31. The number of benzene rings is 1. The molecule has 1 atom stereocenters. The molecule has 2 aromatic heterocycles. The Morgan fingerprint density at radius 3 is 2.75 bits per heavy atom. The number of carbonyl (C=O) groups excluding carboxylic acids is 1. The van der Waals surface area contributed by atoms with Gasteiger partial charge in [-0.2, -0.15) is 9.30 Å². The number of nitrogens with zero attached hydrogens (tertiary/aromatic N) is 3. The largest absolute Gasteiger partial charge is 0.302 e. The highest BCUT2D eigenvalue weighted by Gasteiger charge is 2.38. The van der Waals surface area contributed by atoms with E-state index in [9.17, 15) is 22.0 Å². The van der Waals surface area contributed by atoms with Crippen LogP contribution in [0.1, 0.15) is 19.3 Å². The molecule has 6 nitrogen and oxygen atoms in total. The molecule has 0 aliphatic carbocycles. The Bertz CT molecular complexity index is 1420. The Morgan fingerprint density at radius 2 is 2.06 bits per heavy atom. The summed E-state index contributed by atoms with van der Waals surface area (Å²) in [4.78, 5) is 17.3. The summed E-state index contributed by atoms with van der Waals surface area (Å²) in [6, 6.07) is 3.74. The van der Waals surface area contributed by atoms with Crippen molar-refractivity contribution in [2.75, 3.05) is 6.54 Å². The number of terminal acetylenes is 1. The van der Waals surface area contributed by atoms with Gasteiger partial charge in [0.15, 0.2) is 10.6 Å². The zero-order valence-corrected chi connectivity index (χ0v) is 19.6. The lowest BCUT2D eigenvalue weighted by molar-refractivity contribution is -0.122. The predicted molar refractivity (Wildman–Crippen MR) is 120 cm³/mol. The van der Waals surface area contributed by atoms with Crippen LogP contribution in [0.15, 0.2) is 33.5 Å². The number of rotatable bonds is 4. The molecular formula is C20H16ClF2N3O3S3. The fourth-order valence-electron chi connectivity index (χ4n) is 3.61. The molecule has 0 spiro atoms. The van der Waals surface area contributed by atoms with Crippen molar-refractivity contribution < 1.29 is 22.0 Å². The average molecular weight is 516 g/mol. The smallest absolute Gasteiger partial charge is 0.266 e. The molecule has 1 unspecified atom stereocenters. The number of halogens is 3. The van der Waals surface area contributed by atoms with Gasteiger partial charge < -0.3 is 4.57 Å². The first-order chi connectivity index (χ1) is 15.2. The standard InChI is InChI=1S/C20H16ClF2N3O3S3/c1-2-8-25-18-13(23)10-12(22)11-15(18)30-20(25)24-19(27)14-5-3-4-9-26(14)32(28,29)17-7-6-16(21)31-17/h1,6-7,10-11,14H,3-5,8-9H2. The van der Waals surface area contributed by atoms with E-state index in [0.29, 0.717) is 23.6 Å². The van der Waals surface area contributed by atoms with E-state index in [-0.39, 0.29) is 32.3 Å². The quantitative estimate of drug-likeness (QED) is 0.493. The number of aromatic nitrogens is 1. The molecule has 3 aromatic rings. The van der Waals surface area contributed by atoms with E-state index in [2.05, 4.69) is 10.9 Å². The van der Waals surface area contributed by atoms with Gasteiger partial charge in [-0.25, -0.2) is 17.2 Å². The van der Waals surface area contributed by atoms with Crippen molar-refractivity contribution in [2.45, 2.75) is 36.1 Å². The molecule has 1 aliphatic rings. The minimum atomic E-state index is -3.94. The Hall–Kier alpha value is -2.10. The summed E-state index contributed by atoms with van der Waals surface area (Å²) in [5.74, 6) is 0.103. The lowest BCUT2D eigenvalue weighted by atomic mass is 10.0. The van der Waals surface area contributed by atoms with E-state index in [1.807, 2.05) is 0 Å². The number of thiophene rings is 1. The molecule has 32 heavy (non-hydrogen) atoms. The van der Waals surface area contributed by atoms with Crippen molar-refractivity contribution in [3.8, 4) is 12.3 Å². The van der Waals surface area contributed by atoms with Gasteiger partial charge in [-0.1, -0.05) is 35.3 Å². The van der Waals surface area contributed by atoms with Gasteiger partial charge in [-0.15, -0.1) is 17.8 Å². The van der Waals surface area contributed by atoms with Crippen LogP contribution in [0.4, 0.5) is 8.78 Å². The van der Waals surface area contributed by atoms with Gasteiger partial charge in [-0.3, -0.25) is 4.79 Å². The average Bonchev–Trinajstić information content (AvgIpc) is 3.32. The summed E-state index contributed by atoms with van der Waals surface area (Å²) >= 11 is 7.72. The molecular weight excluding hydrogens is 500 g/mol. The van der Waals surface area contributed by atoms with Crippen LogP contribution < -0.4 is 4.80 Å². The van der Waals surface area contributed by atoms with Crippen LogP contribution in [0.2, 0.25) is 4.34 Å². The first-order valence-electron chi connectivity index (χ1n) is 9.50. The van der Waals surface area contributed by atoms with Crippen LogP contribution in [-0.4, -0.2) is 35.8 Å². The SMILES string of the molecule is C#CCn1c(=NC(=O)C2CCCCN2S(=O)(=O)c2ccc(Cl)s2)sc2cc(F)cc(F)c21. The number of carbonyl (C=O) groups is 1. The molecule has 0 saturated carbocycles. The third kappa shape index (κ3) is 4.25. The zero-order valence-electron chi connectivity index (χ0n) is 16.4. The molecule has 1 aromatic carbocycles. The molecule has 0 bridgehead atoms. The number of fused-ring (bicyclic) bond motifs is 1. The topological polar surface area (TPSA) is 71.7 Å². The van der Waals surface area contributed by atoms with Crippen LogP contribution in [0.3, 0.4) is 0 Å². The highest BCUT2D eigenvalue weighted by Crippen LogP contribution is 2.32. The number of hydrogen-bond donors (Lipinski definition) is 0. The fraction of sp³-hybridized carbons (Fsp3) is 0.300. The Kier molecular flexibility index (Phi) is 6.51. The third-order valence-corrected chi connectivity index (χ3v) is 9.63. The minimum Gasteiger partial charge on any atom is -0.302 e. The maximum atomic E-state index is 14.4. The molecule has 1 saturated heterocycles. The Balaban J connectivity index is 1.78. The normalized spacial score (nSPS) is 18.2. The maximum absolute atomic E-state index is 14.4. The highest BCUT2D eigenvalue weighted by molar-refractivity contribution is 7.91. The van der Waals surface area contributed by atoms with Gasteiger partial charge in [0.05, 0.1) is 21.1 Å². The van der Waals surface area contributed by atoms with E-state index in [1.165, 1.54) is 16.7 Å². The first kappa shape index (κ1) is 23.1. The van der Waals surface area contributed by atoms with Gasteiger partial charge in [0.1, 0.15) is 16.1 Å². The molecule has 3 heterocycles. The van der Waals surface area contributed by atoms with Crippen molar-refractivity contribution >= 4 is 60.4 Å². The van der Waals surface area contributed by atoms with Gasteiger partial charge in [0, 0.05) is 12.6 Å². The lowest BCUT2D eigenvalue weighted by Crippen LogP contribution is -2.47. The minimum absolute atomic E-state index is 0.0437. The Morgan fingerprint density at radius 1 is 1.28 bits per heavy atom. The van der Waals surface area contributed by atoms with E-state index >= 15 is 0 Å². The van der Waals surface area contributed by atoms with Gasteiger partial charge in [0.2, 0.25) is 0 Å². The highest BCUT2D eigenvalue weighted by atomic mass is 35.5. The molecule has 0 N–H and O–H groups in total. The second-order valence-corrected chi connectivity index (χ2v) is 11.9. The van der Waals surface area contributed by atoms with Crippen LogP contribution in [-0.2, 0) is 21.4 Å². The molecule has 1 fully saturated rings. The van der Waals surface area contributed by atoms with Gasteiger partial charge >= 0.3 is 0 Å². The van der Waals surface area contributed by atoms with Crippen LogP contribution in [0, 0.1) is 24.0 Å². The van der Waals surface area contributed by atoms with Gasteiger partial charge in [-0.05, 0) is 31.0 Å². The van der Waals surface area contributed by atoms with E-state index in [1.54, 1.807) is 0 Å². The van der Waals surface area contributed by atoms with E-state index < -0.39 is 33.6 Å². The molecule has 168 valence electrons. The summed E-state index contributed by atoms with van der Waals surface area (Å²) in [6.45, 7) is 0.0788. The second kappa shape index (κ2) is 9.03. The van der Waals surface area contributed by atoms with Crippen molar-refractivity contribution in [1.29, 1.82) is 0 Å². The monoisotopic (exact) mass is 515 g/mol. The van der Waals surface area contributed by atoms with E-state index in [4.69, 9.17) is 18.0 Å².